The molecule has 2 aromatic heterocycles. The number of carbonyl (C=O) groups is 1. The van der Waals surface area contributed by atoms with E-state index in [4.69, 9.17) is 4.42 Å². The molecule has 1 aliphatic heterocycles. The lowest BCUT2D eigenvalue weighted by molar-refractivity contribution is 0.0637. The van der Waals surface area contributed by atoms with Gasteiger partial charge in [-0.15, -0.1) is 10.2 Å². The first-order valence-corrected chi connectivity index (χ1v) is 11.1. The molecule has 0 N–H and O–H groups in total. The number of rotatable bonds is 6. The molecule has 4 rings (SSSR count). The summed E-state index contributed by atoms with van der Waals surface area (Å²) in [4.78, 5) is 21.3. The number of hydrogen-bond donors (Lipinski definition) is 0. The Morgan fingerprint density at radius 1 is 1.17 bits per heavy atom. The van der Waals surface area contributed by atoms with Crippen LogP contribution in [-0.2, 0) is 5.75 Å². The summed E-state index contributed by atoms with van der Waals surface area (Å²) in [6.45, 7) is 10.4. The van der Waals surface area contributed by atoms with Crippen molar-refractivity contribution < 1.29 is 9.21 Å². The fourth-order valence-corrected chi connectivity index (χ4v) is 4.38. The Bertz CT molecular complexity index is 1020. The summed E-state index contributed by atoms with van der Waals surface area (Å²) in [5, 5.41) is 9.28. The molecule has 3 heterocycles. The molecule has 9 heteroatoms. The predicted molar refractivity (Wildman–Crippen MR) is 115 cm³/mol. The highest BCUT2D eigenvalue weighted by atomic mass is 32.2. The van der Waals surface area contributed by atoms with E-state index >= 15 is 0 Å². The predicted octanol–water partition coefficient (Wildman–Crippen LogP) is 2.94. The van der Waals surface area contributed by atoms with Crippen molar-refractivity contribution in [3.63, 3.8) is 0 Å². The van der Waals surface area contributed by atoms with Gasteiger partial charge in [-0.2, -0.15) is 0 Å². The highest BCUT2D eigenvalue weighted by molar-refractivity contribution is 7.98. The molecule has 1 fully saturated rings. The first-order valence-electron chi connectivity index (χ1n) is 10.1. The number of piperazine rings is 1. The molecular formula is C21H26N6O2S. The van der Waals surface area contributed by atoms with E-state index in [1.165, 1.54) is 23.6 Å². The van der Waals surface area contributed by atoms with Gasteiger partial charge in [-0.05, 0) is 38.1 Å². The number of thioether (sulfide) groups is 1. The normalized spacial score (nSPS) is 15.0. The third-order valence-corrected chi connectivity index (χ3v) is 6.17. The number of likely N-dealkylation sites (N-methyl/N-ethyl adjacent to an activating group) is 1. The van der Waals surface area contributed by atoms with Gasteiger partial charge in [0, 0.05) is 31.9 Å². The molecule has 1 saturated heterocycles. The fourth-order valence-electron chi connectivity index (χ4n) is 3.53. The highest BCUT2D eigenvalue weighted by Gasteiger charge is 2.24. The summed E-state index contributed by atoms with van der Waals surface area (Å²) < 4.78 is 7.58. The third kappa shape index (κ3) is 4.41. The lowest BCUT2D eigenvalue weighted by atomic mass is 10.2. The van der Waals surface area contributed by atoms with Crippen molar-refractivity contribution in [2.45, 2.75) is 31.7 Å². The zero-order valence-corrected chi connectivity index (χ0v) is 18.4. The number of carbonyl (C=O) groups excluding carboxylic acids is 1. The highest BCUT2D eigenvalue weighted by Crippen LogP contribution is 2.25. The van der Waals surface area contributed by atoms with Crippen molar-refractivity contribution in [2.24, 2.45) is 0 Å². The van der Waals surface area contributed by atoms with Crippen molar-refractivity contribution >= 4 is 17.7 Å². The maximum atomic E-state index is 12.7. The van der Waals surface area contributed by atoms with Crippen molar-refractivity contribution in [1.29, 1.82) is 0 Å². The van der Waals surface area contributed by atoms with Crippen molar-refractivity contribution in [1.82, 2.24) is 29.5 Å². The van der Waals surface area contributed by atoms with Gasteiger partial charge in [0.05, 0.1) is 5.75 Å². The Hall–Kier alpha value is -2.65. The quantitative estimate of drug-likeness (QED) is 0.561. The SMILES string of the molecule is CCN1CCN(C(=O)c2coc(CSc3nnc(C)n3-c3cccc(C)c3)n2)CC1. The number of amides is 1. The van der Waals surface area contributed by atoms with Gasteiger partial charge in [-0.3, -0.25) is 9.36 Å². The minimum absolute atomic E-state index is 0.0653. The zero-order valence-electron chi connectivity index (χ0n) is 17.5. The van der Waals surface area contributed by atoms with Crippen LogP contribution in [0.15, 0.2) is 40.1 Å². The van der Waals surface area contributed by atoms with Gasteiger partial charge < -0.3 is 14.2 Å². The van der Waals surface area contributed by atoms with Gasteiger partial charge in [-0.25, -0.2) is 4.98 Å². The van der Waals surface area contributed by atoms with Crippen LogP contribution in [0.3, 0.4) is 0 Å². The van der Waals surface area contributed by atoms with Gasteiger partial charge in [0.25, 0.3) is 5.91 Å². The van der Waals surface area contributed by atoms with E-state index < -0.39 is 0 Å². The second-order valence-corrected chi connectivity index (χ2v) is 8.29. The summed E-state index contributed by atoms with van der Waals surface area (Å²) in [6, 6.07) is 8.21. The molecule has 158 valence electrons. The van der Waals surface area contributed by atoms with Gasteiger partial charge in [-0.1, -0.05) is 30.8 Å². The van der Waals surface area contributed by atoms with E-state index in [-0.39, 0.29) is 5.91 Å². The average Bonchev–Trinajstić information content (AvgIpc) is 3.38. The molecule has 0 unspecified atom stereocenters. The number of benzene rings is 1. The zero-order chi connectivity index (χ0) is 21.1. The summed E-state index contributed by atoms with van der Waals surface area (Å²) in [5.74, 6) is 1.73. The second-order valence-electron chi connectivity index (χ2n) is 7.35. The first kappa shape index (κ1) is 20.6. The third-order valence-electron chi connectivity index (χ3n) is 5.26. The molecule has 0 saturated carbocycles. The van der Waals surface area contributed by atoms with Crippen LogP contribution in [0.25, 0.3) is 5.69 Å². The van der Waals surface area contributed by atoms with Crippen molar-refractivity contribution in [3.05, 3.63) is 53.5 Å². The molecule has 8 nitrogen and oxygen atoms in total. The van der Waals surface area contributed by atoms with E-state index in [1.54, 1.807) is 0 Å². The maximum absolute atomic E-state index is 12.7. The van der Waals surface area contributed by atoms with Gasteiger partial charge >= 0.3 is 0 Å². The second kappa shape index (κ2) is 9.01. The topological polar surface area (TPSA) is 80.3 Å². The lowest BCUT2D eigenvalue weighted by Gasteiger charge is -2.33. The Kier molecular flexibility index (Phi) is 6.19. The van der Waals surface area contributed by atoms with Crippen LogP contribution in [0, 0.1) is 13.8 Å². The summed E-state index contributed by atoms with van der Waals surface area (Å²) in [5.41, 5.74) is 2.56. The van der Waals surface area contributed by atoms with Crippen LogP contribution in [0.1, 0.15) is 34.7 Å². The standard InChI is InChI=1S/C21H26N6O2S/c1-4-25-8-10-26(11-9-25)20(28)18-13-29-19(22-18)14-30-21-24-23-16(3)27(21)17-7-5-6-15(2)12-17/h5-7,12-13H,4,8-11,14H2,1-3H3. The fraction of sp³-hybridized carbons (Fsp3) is 0.429. The van der Waals surface area contributed by atoms with Crippen molar-refractivity contribution in [3.8, 4) is 5.69 Å². The largest absolute Gasteiger partial charge is 0.447 e. The van der Waals surface area contributed by atoms with Crippen LogP contribution < -0.4 is 0 Å². The smallest absolute Gasteiger partial charge is 0.275 e. The molecule has 0 radical (unpaired) electrons. The van der Waals surface area contributed by atoms with E-state index in [0.717, 1.165) is 49.4 Å². The molecule has 3 aromatic rings. The summed E-state index contributed by atoms with van der Waals surface area (Å²) in [7, 11) is 0. The molecule has 0 spiro atoms. The van der Waals surface area contributed by atoms with Gasteiger partial charge in [0.2, 0.25) is 5.89 Å². The Morgan fingerprint density at radius 2 is 1.97 bits per heavy atom. The minimum Gasteiger partial charge on any atom is -0.447 e. The monoisotopic (exact) mass is 426 g/mol. The van der Waals surface area contributed by atoms with E-state index in [9.17, 15) is 4.79 Å². The number of aryl methyl sites for hydroxylation is 2. The van der Waals surface area contributed by atoms with Gasteiger partial charge in [0.1, 0.15) is 12.1 Å². The minimum atomic E-state index is -0.0653. The van der Waals surface area contributed by atoms with Gasteiger partial charge in [0.15, 0.2) is 10.9 Å². The molecule has 0 bridgehead atoms. The number of hydrogen-bond acceptors (Lipinski definition) is 7. The average molecular weight is 427 g/mol. The molecule has 1 aliphatic rings. The molecule has 30 heavy (non-hydrogen) atoms. The Balaban J connectivity index is 1.42. The number of oxazole rings is 1. The van der Waals surface area contributed by atoms with E-state index in [1.807, 2.05) is 28.5 Å². The first-order chi connectivity index (χ1) is 14.5. The van der Waals surface area contributed by atoms with E-state index in [0.29, 0.717) is 17.3 Å². The molecule has 0 atom stereocenters. The lowest BCUT2D eigenvalue weighted by Crippen LogP contribution is -2.48. The number of aromatic nitrogens is 4. The Labute approximate surface area is 180 Å². The molecular weight excluding hydrogens is 400 g/mol. The Morgan fingerprint density at radius 3 is 2.70 bits per heavy atom. The molecule has 1 amide bonds. The number of nitrogens with zero attached hydrogens (tertiary/aromatic N) is 6. The summed E-state index contributed by atoms with van der Waals surface area (Å²) in [6.07, 6.45) is 1.46. The van der Waals surface area contributed by atoms with Crippen LogP contribution in [0.5, 0.6) is 0 Å². The van der Waals surface area contributed by atoms with Crippen LogP contribution in [-0.4, -0.2) is 68.2 Å². The molecule has 0 aliphatic carbocycles. The van der Waals surface area contributed by atoms with Crippen LogP contribution >= 0.6 is 11.8 Å². The van der Waals surface area contributed by atoms with Crippen LogP contribution in [0.2, 0.25) is 0 Å². The molecule has 1 aromatic carbocycles. The van der Waals surface area contributed by atoms with Crippen LogP contribution in [0.4, 0.5) is 0 Å². The van der Waals surface area contributed by atoms with E-state index in [2.05, 4.69) is 46.1 Å². The maximum Gasteiger partial charge on any atom is 0.275 e. The summed E-state index contributed by atoms with van der Waals surface area (Å²) >= 11 is 1.49. The van der Waals surface area contributed by atoms with Crippen molar-refractivity contribution in [2.75, 3.05) is 32.7 Å².